The first-order chi connectivity index (χ1) is 10.2. The molecule has 1 amide bonds. The maximum Gasteiger partial charge on any atom is 0.265 e. The van der Waals surface area contributed by atoms with Crippen molar-refractivity contribution >= 4 is 35.3 Å². The van der Waals surface area contributed by atoms with E-state index in [1.54, 1.807) is 4.57 Å². The molecule has 2 rings (SSSR count). The lowest BCUT2D eigenvalue weighted by molar-refractivity contribution is 0.0924. The molecule has 0 saturated carbocycles. The van der Waals surface area contributed by atoms with Crippen LogP contribution in [0.5, 0.6) is 0 Å². The van der Waals surface area contributed by atoms with E-state index < -0.39 is 0 Å². The van der Waals surface area contributed by atoms with Crippen LogP contribution in [0.1, 0.15) is 42.9 Å². The molecular formula is C16H21N3OS2. The number of nitrogen functional groups attached to an aromatic ring is 1. The van der Waals surface area contributed by atoms with Gasteiger partial charge in [-0.2, -0.15) is 0 Å². The van der Waals surface area contributed by atoms with Gasteiger partial charge in [0.15, 0.2) is 3.95 Å². The van der Waals surface area contributed by atoms with Gasteiger partial charge in [0.1, 0.15) is 10.7 Å². The molecule has 3 N–H and O–H groups in total. The van der Waals surface area contributed by atoms with E-state index in [9.17, 15) is 4.79 Å². The van der Waals surface area contributed by atoms with E-state index in [0.717, 1.165) is 12.1 Å². The first-order valence-corrected chi connectivity index (χ1v) is 8.38. The first-order valence-electron chi connectivity index (χ1n) is 7.16. The van der Waals surface area contributed by atoms with Crippen LogP contribution in [0.2, 0.25) is 0 Å². The maximum atomic E-state index is 12.3. The Morgan fingerprint density at radius 2 is 1.91 bits per heavy atom. The Bertz CT molecular complexity index is 736. The van der Waals surface area contributed by atoms with Crippen LogP contribution in [0.3, 0.4) is 0 Å². The van der Waals surface area contributed by atoms with Crippen LogP contribution in [0.4, 0.5) is 5.82 Å². The number of anilines is 1. The third-order valence-electron chi connectivity index (χ3n) is 3.14. The zero-order valence-corrected chi connectivity index (χ0v) is 14.9. The van der Waals surface area contributed by atoms with E-state index in [-0.39, 0.29) is 11.4 Å². The molecule has 0 spiro atoms. The smallest absolute Gasteiger partial charge is 0.265 e. The Balaban J connectivity index is 2.42. The molecule has 0 fully saturated rings. The van der Waals surface area contributed by atoms with E-state index in [0.29, 0.717) is 14.6 Å². The van der Waals surface area contributed by atoms with Crippen molar-refractivity contribution in [2.24, 2.45) is 0 Å². The molecule has 0 atom stereocenters. The number of amides is 1. The van der Waals surface area contributed by atoms with Crippen molar-refractivity contribution in [2.45, 2.75) is 39.7 Å². The van der Waals surface area contributed by atoms with Crippen LogP contribution in [0.25, 0.3) is 5.69 Å². The van der Waals surface area contributed by atoms with Gasteiger partial charge in [0.05, 0.1) is 0 Å². The van der Waals surface area contributed by atoms with Gasteiger partial charge in [0, 0.05) is 11.2 Å². The minimum absolute atomic E-state index is 0.190. The van der Waals surface area contributed by atoms with Gasteiger partial charge in [-0.25, -0.2) is 0 Å². The number of hydrogen-bond acceptors (Lipinski definition) is 4. The summed E-state index contributed by atoms with van der Waals surface area (Å²) >= 11 is 6.62. The molecule has 1 aromatic heterocycles. The molecule has 2 aromatic rings. The Labute approximate surface area is 140 Å². The number of nitrogens with one attached hydrogen (secondary N) is 1. The van der Waals surface area contributed by atoms with Gasteiger partial charge in [-0.15, -0.1) is 0 Å². The number of hydrogen-bond donors (Lipinski definition) is 2. The number of benzene rings is 1. The molecule has 0 aliphatic carbocycles. The molecule has 4 nitrogen and oxygen atoms in total. The Morgan fingerprint density at radius 3 is 2.41 bits per heavy atom. The number of nitrogens with zero attached hydrogens (tertiary/aromatic N) is 1. The standard InChI is InChI=1S/C16H21N3OS2/c1-5-10-6-8-11(9-7-10)19-13(17)12(22-15(19)21)14(20)18-16(2,3)4/h6-9H,5,17H2,1-4H3,(H,18,20). The zero-order valence-electron chi connectivity index (χ0n) is 13.3. The fraction of sp³-hybridized carbons (Fsp3) is 0.375. The largest absolute Gasteiger partial charge is 0.383 e. The van der Waals surface area contributed by atoms with E-state index in [2.05, 4.69) is 12.2 Å². The third-order valence-corrected chi connectivity index (χ3v) is 4.53. The van der Waals surface area contributed by atoms with E-state index in [1.165, 1.54) is 16.9 Å². The van der Waals surface area contributed by atoms with Gasteiger partial charge < -0.3 is 11.1 Å². The number of carbonyl (C=O) groups excluding carboxylic acids is 1. The summed E-state index contributed by atoms with van der Waals surface area (Å²) in [7, 11) is 0. The molecule has 1 aromatic carbocycles. The van der Waals surface area contributed by atoms with Gasteiger partial charge in [0.25, 0.3) is 5.91 Å². The highest BCUT2D eigenvalue weighted by atomic mass is 32.1. The first kappa shape index (κ1) is 16.7. The summed E-state index contributed by atoms with van der Waals surface area (Å²) in [5, 5.41) is 2.92. The van der Waals surface area contributed by atoms with Crippen molar-refractivity contribution in [3.63, 3.8) is 0 Å². The van der Waals surface area contributed by atoms with E-state index >= 15 is 0 Å². The Morgan fingerprint density at radius 1 is 1.32 bits per heavy atom. The predicted octanol–water partition coefficient (Wildman–Crippen LogP) is 3.94. The summed E-state index contributed by atoms with van der Waals surface area (Å²) in [6.07, 6.45) is 0.976. The molecule has 0 unspecified atom stereocenters. The van der Waals surface area contributed by atoms with Crippen LogP contribution in [-0.2, 0) is 6.42 Å². The number of thiazole rings is 1. The van der Waals surface area contributed by atoms with Gasteiger partial charge >= 0.3 is 0 Å². The molecular weight excluding hydrogens is 314 g/mol. The fourth-order valence-electron chi connectivity index (χ4n) is 2.07. The normalized spacial score (nSPS) is 11.5. The highest BCUT2D eigenvalue weighted by Gasteiger charge is 2.21. The maximum absolute atomic E-state index is 12.3. The van der Waals surface area contributed by atoms with Crippen LogP contribution in [0.15, 0.2) is 24.3 Å². The van der Waals surface area contributed by atoms with Crippen molar-refractivity contribution in [3.05, 3.63) is 38.7 Å². The summed E-state index contributed by atoms with van der Waals surface area (Å²) in [6, 6.07) is 8.04. The quantitative estimate of drug-likeness (QED) is 0.835. The lowest BCUT2D eigenvalue weighted by atomic mass is 10.1. The molecule has 1 heterocycles. The fourth-order valence-corrected chi connectivity index (χ4v) is 3.33. The minimum atomic E-state index is -0.317. The highest BCUT2D eigenvalue weighted by molar-refractivity contribution is 7.73. The second kappa shape index (κ2) is 6.22. The van der Waals surface area contributed by atoms with Gasteiger partial charge in [0.2, 0.25) is 0 Å². The monoisotopic (exact) mass is 335 g/mol. The topological polar surface area (TPSA) is 60.0 Å². The lowest BCUT2D eigenvalue weighted by Crippen LogP contribution is -2.40. The van der Waals surface area contributed by atoms with Crippen LogP contribution >= 0.6 is 23.6 Å². The van der Waals surface area contributed by atoms with Crippen molar-refractivity contribution in [3.8, 4) is 5.69 Å². The van der Waals surface area contributed by atoms with E-state index in [4.69, 9.17) is 18.0 Å². The zero-order chi connectivity index (χ0) is 16.5. The van der Waals surface area contributed by atoms with Crippen molar-refractivity contribution < 1.29 is 4.79 Å². The average molecular weight is 335 g/mol. The van der Waals surface area contributed by atoms with Gasteiger partial charge in [-0.3, -0.25) is 9.36 Å². The summed E-state index contributed by atoms with van der Waals surface area (Å²) in [5.41, 5.74) is 7.98. The summed E-state index contributed by atoms with van der Waals surface area (Å²) in [6.45, 7) is 7.90. The van der Waals surface area contributed by atoms with E-state index in [1.807, 2.05) is 45.0 Å². The summed E-state index contributed by atoms with van der Waals surface area (Å²) < 4.78 is 2.32. The minimum Gasteiger partial charge on any atom is -0.383 e. The predicted molar refractivity (Wildman–Crippen MR) is 95.5 cm³/mol. The van der Waals surface area contributed by atoms with Crippen molar-refractivity contribution in [2.75, 3.05) is 5.73 Å². The van der Waals surface area contributed by atoms with Crippen LogP contribution in [-0.4, -0.2) is 16.0 Å². The molecule has 118 valence electrons. The number of rotatable bonds is 3. The van der Waals surface area contributed by atoms with Gasteiger partial charge in [-0.1, -0.05) is 30.4 Å². The van der Waals surface area contributed by atoms with Crippen molar-refractivity contribution in [1.29, 1.82) is 0 Å². The number of nitrogens with two attached hydrogens (primary N) is 1. The number of aryl methyl sites for hydroxylation is 1. The molecule has 0 aliphatic rings. The number of aromatic nitrogens is 1. The lowest BCUT2D eigenvalue weighted by Gasteiger charge is -2.20. The second-order valence-electron chi connectivity index (χ2n) is 6.14. The molecule has 0 saturated heterocycles. The molecule has 0 aliphatic heterocycles. The Kier molecular flexibility index (Phi) is 4.72. The van der Waals surface area contributed by atoms with Gasteiger partial charge in [-0.05, 0) is 57.1 Å². The summed E-state index contributed by atoms with van der Waals surface area (Å²) in [5.74, 6) is 0.200. The molecule has 0 bridgehead atoms. The third kappa shape index (κ3) is 3.56. The molecule has 6 heteroatoms. The highest BCUT2D eigenvalue weighted by Crippen LogP contribution is 2.26. The SMILES string of the molecule is CCc1ccc(-n2c(N)c(C(=O)NC(C)(C)C)sc2=S)cc1. The molecule has 0 radical (unpaired) electrons. The number of carbonyl (C=O) groups is 1. The van der Waals surface area contributed by atoms with Crippen molar-refractivity contribution in [1.82, 2.24) is 9.88 Å². The van der Waals surface area contributed by atoms with Crippen LogP contribution < -0.4 is 11.1 Å². The molecule has 22 heavy (non-hydrogen) atoms. The Hall–Kier alpha value is -1.66. The second-order valence-corrected chi connectivity index (χ2v) is 7.79. The summed E-state index contributed by atoms with van der Waals surface area (Å²) in [4.78, 5) is 12.8. The van der Waals surface area contributed by atoms with Crippen LogP contribution in [0, 0.1) is 3.95 Å². The average Bonchev–Trinajstić information content (AvgIpc) is 2.72.